The standard InChI is InChI=1S/C14H24N4O2S/c1-3-7-15-14-11-13(6-8-16-14)21(19,20)17-9-10-18(2)12-4-5-12/h6,8,11-12,17H,3-5,7,9-10H2,1-2H3,(H,15,16). The number of pyridine rings is 1. The van der Waals surface area contributed by atoms with Crippen LogP contribution in [0.15, 0.2) is 23.2 Å². The summed E-state index contributed by atoms with van der Waals surface area (Å²) < 4.78 is 27.1. The molecule has 1 aromatic rings. The molecule has 1 aromatic heterocycles. The normalized spacial score (nSPS) is 15.4. The van der Waals surface area contributed by atoms with Crippen LogP contribution in [0.5, 0.6) is 0 Å². The third-order valence-corrected chi connectivity index (χ3v) is 4.98. The maximum absolute atomic E-state index is 12.2. The number of anilines is 1. The van der Waals surface area contributed by atoms with Crippen molar-refractivity contribution in [1.82, 2.24) is 14.6 Å². The topological polar surface area (TPSA) is 74.3 Å². The van der Waals surface area contributed by atoms with E-state index < -0.39 is 10.0 Å². The third-order valence-electron chi connectivity index (χ3n) is 3.52. The average molecular weight is 312 g/mol. The van der Waals surface area contributed by atoms with E-state index in [4.69, 9.17) is 0 Å². The van der Waals surface area contributed by atoms with Crippen molar-refractivity contribution < 1.29 is 8.42 Å². The van der Waals surface area contributed by atoms with Gasteiger partial charge in [0.25, 0.3) is 0 Å². The van der Waals surface area contributed by atoms with E-state index in [0.717, 1.165) is 19.5 Å². The molecule has 0 aliphatic heterocycles. The molecule has 1 heterocycles. The van der Waals surface area contributed by atoms with Crippen LogP contribution in [0.4, 0.5) is 5.82 Å². The molecule has 0 aromatic carbocycles. The van der Waals surface area contributed by atoms with Gasteiger partial charge in [-0.3, -0.25) is 0 Å². The predicted molar refractivity (Wildman–Crippen MR) is 83.9 cm³/mol. The van der Waals surface area contributed by atoms with E-state index in [2.05, 4.69) is 19.9 Å². The summed E-state index contributed by atoms with van der Waals surface area (Å²) in [6.07, 6.45) is 4.92. The fourth-order valence-corrected chi connectivity index (χ4v) is 3.10. The van der Waals surface area contributed by atoms with Crippen molar-refractivity contribution in [3.05, 3.63) is 18.3 Å². The summed E-state index contributed by atoms with van der Waals surface area (Å²) in [4.78, 5) is 6.57. The van der Waals surface area contributed by atoms with Crippen LogP contribution >= 0.6 is 0 Å². The molecule has 0 spiro atoms. The maximum Gasteiger partial charge on any atom is 0.240 e. The van der Waals surface area contributed by atoms with Gasteiger partial charge in [0.05, 0.1) is 4.90 Å². The number of rotatable bonds is 9. The first-order valence-corrected chi connectivity index (χ1v) is 8.91. The lowest BCUT2D eigenvalue weighted by Gasteiger charge is -2.16. The first kappa shape index (κ1) is 16.2. The van der Waals surface area contributed by atoms with Gasteiger partial charge >= 0.3 is 0 Å². The van der Waals surface area contributed by atoms with Gasteiger partial charge in [-0.15, -0.1) is 0 Å². The van der Waals surface area contributed by atoms with Gasteiger partial charge in [0, 0.05) is 37.9 Å². The van der Waals surface area contributed by atoms with Gasteiger partial charge < -0.3 is 10.2 Å². The van der Waals surface area contributed by atoms with Crippen molar-refractivity contribution in [3.63, 3.8) is 0 Å². The van der Waals surface area contributed by atoms with Gasteiger partial charge in [-0.2, -0.15) is 0 Å². The fraction of sp³-hybridized carbons (Fsp3) is 0.643. The molecule has 1 fully saturated rings. The number of hydrogen-bond acceptors (Lipinski definition) is 5. The molecular weight excluding hydrogens is 288 g/mol. The zero-order valence-corrected chi connectivity index (χ0v) is 13.5. The second-order valence-corrected chi connectivity index (χ2v) is 7.18. The summed E-state index contributed by atoms with van der Waals surface area (Å²) >= 11 is 0. The molecule has 0 atom stereocenters. The lowest BCUT2D eigenvalue weighted by molar-refractivity contribution is 0.329. The van der Waals surface area contributed by atoms with Gasteiger partial charge in [0.15, 0.2) is 0 Å². The maximum atomic E-state index is 12.2. The van der Waals surface area contributed by atoms with Crippen molar-refractivity contribution in [2.24, 2.45) is 0 Å². The Balaban J connectivity index is 1.91. The molecule has 21 heavy (non-hydrogen) atoms. The second kappa shape index (κ2) is 7.20. The minimum Gasteiger partial charge on any atom is -0.370 e. The molecule has 0 amide bonds. The third kappa shape index (κ3) is 4.94. The number of sulfonamides is 1. The zero-order valence-electron chi connectivity index (χ0n) is 12.7. The van der Waals surface area contributed by atoms with E-state index in [1.54, 1.807) is 6.07 Å². The van der Waals surface area contributed by atoms with Gasteiger partial charge in [-0.05, 0) is 32.4 Å². The Morgan fingerprint density at radius 2 is 2.14 bits per heavy atom. The van der Waals surface area contributed by atoms with E-state index >= 15 is 0 Å². The number of hydrogen-bond donors (Lipinski definition) is 2. The van der Waals surface area contributed by atoms with Gasteiger partial charge in [-0.1, -0.05) is 6.92 Å². The highest BCUT2D eigenvalue weighted by Crippen LogP contribution is 2.24. The quantitative estimate of drug-likeness (QED) is 0.718. The van der Waals surface area contributed by atoms with Crippen molar-refractivity contribution in [2.45, 2.75) is 37.1 Å². The molecule has 2 N–H and O–H groups in total. The number of nitrogens with one attached hydrogen (secondary N) is 2. The summed E-state index contributed by atoms with van der Waals surface area (Å²) in [5, 5.41) is 3.09. The zero-order chi connectivity index (χ0) is 15.3. The summed E-state index contributed by atoms with van der Waals surface area (Å²) in [5.74, 6) is 0.592. The average Bonchev–Trinajstić information content (AvgIpc) is 3.30. The van der Waals surface area contributed by atoms with Crippen molar-refractivity contribution in [1.29, 1.82) is 0 Å². The Kier molecular flexibility index (Phi) is 5.55. The second-order valence-electron chi connectivity index (χ2n) is 5.41. The van der Waals surface area contributed by atoms with Crippen LogP contribution in [-0.2, 0) is 10.0 Å². The molecular formula is C14H24N4O2S. The Morgan fingerprint density at radius 3 is 2.81 bits per heavy atom. The minimum atomic E-state index is -3.47. The molecule has 1 aliphatic carbocycles. The van der Waals surface area contributed by atoms with Crippen molar-refractivity contribution in [3.8, 4) is 0 Å². The highest BCUT2D eigenvalue weighted by atomic mass is 32.2. The highest BCUT2D eigenvalue weighted by molar-refractivity contribution is 7.89. The van der Waals surface area contributed by atoms with Crippen LogP contribution in [0.1, 0.15) is 26.2 Å². The molecule has 0 radical (unpaired) electrons. The molecule has 1 saturated carbocycles. The Bertz CT molecular complexity index is 558. The molecule has 118 valence electrons. The van der Waals surface area contributed by atoms with Gasteiger partial charge in [0.1, 0.15) is 5.82 Å². The van der Waals surface area contributed by atoms with Crippen LogP contribution < -0.4 is 10.0 Å². The fourth-order valence-electron chi connectivity index (χ4n) is 2.07. The van der Waals surface area contributed by atoms with Crippen LogP contribution in [0.25, 0.3) is 0 Å². The SMILES string of the molecule is CCCNc1cc(S(=O)(=O)NCCN(C)C2CC2)ccn1. The Hall–Kier alpha value is -1.18. The summed E-state index contributed by atoms with van der Waals surface area (Å²) in [5.41, 5.74) is 0. The van der Waals surface area contributed by atoms with Crippen molar-refractivity contribution in [2.75, 3.05) is 32.0 Å². The molecule has 1 aliphatic rings. The minimum absolute atomic E-state index is 0.255. The first-order valence-electron chi connectivity index (χ1n) is 7.43. The number of aromatic nitrogens is 1. The van der Waals surface area contributed by atoms with E-state index in [1.807, 2.05) is 14.0 Å². The van der Waals surface area contributed by atoms with Gasteiger partial charge in [0.2, 0.25) is 10.0 Å². The lowest BCUT2D eigenvalue weighted by atomic mass is 10.4. The predicted octanol–water partition coefficient (Wildman–Crippen LogP) is 1.28. The molecule has 0 bridgehead atoms. The molecule has 6 nitrogen and oxygen atoms in total. The summed E-state index contributed by atoms with van der Waals surface area (Å²) in [6, 6.07) is 3.73. The van der Waals surface area contributed by atoms with Crippen LogP contribution in [0.3, 0.4) is 0 Å². The van der Waals surface area contributed by atoms with E-state index in [-0.39, 0.29) is 4.90 Å². The molecule has 7 heteroatoms. The van der Waals surface area contributed by atoms with E-state index in [9.17, 15) is 8.42 Å². The monoisotopic (exact) mass is 312 g/mol. The summed E-state index contributed by atoms with van der Waals surface area (Å²) in [6.45, 7) is 3.98. The van der Waals surface area contributed by atoms with E-state index in [0.29, 0.717) is 18.4 Å². The summed E-state index contributed by atoms with van der Waals surface area (Å²) in [7, 11) is -1.43. The molecule has 2 rings (SSSR count). The van der Waals surface area contributed by atoms with E-state index in [1.165, 1.54) is 25.1 Å². The number of likely N-dealkylation sites (N-methyl/N-ethyl adjacent to an activating group) is 1. The Morgan fingerprint density at radius 1 is 1.38 bits per heavy atom. The van der Waals surface area contributed by atoms with Crippen LogP contribution in [0, 0.1) is 0 Å². The first-order chi connectivity index (χ1) is 10.0. The largest absolute Gasteiger partial charge is 0.370 e. The molecule has 0 saturated heterocycles. The molecule has 0 unspecified atom stereocenters. The lowest BCUT2D eigenvalue weighted by Crippen LogP contribution is -2.34. The van der Waals surface area contributed by atoms with Crippen LogP contribution in [-0.4, -0.2) is 51.0 Å². The van der Waals surface area contributed by atoms with Crippen LogP contribution in [0.2, 0.25) is 0 Å². The number of nitrogens with zero attached hydrogens (tertiary/aromatic N) is 2. The van der Waals surface area contributed by atoms with Crippen molar-refractivity contribution >= 4 is 15.8 Å². The van der Waals surface area contributed by atoms with Gasteiger partial charge in [-0.25, -0.2) is 18.1 Å². The Labute approximate surface area is 127 Å². The smallest absolute Gasteiger partial charge is 0.240 e. The highest BCUT2D eigenvalue weighted by Gasteiger charge is 2.25.